The average molecular weight is 188 g/mol. The van der Waals surface area contributed by atoms with Crippen LogP contribution in [0.1, 0.15) is 22.8 Å². The number of halogens is 1. The predicted molar refractivity (Wildman–Crippen MR) is 49.4 cm³/mol. The first-order valence-electron chi connectivity index (χ1n) is 5.34. The molecular weight excluding hydrogens is 174 g/mol. The van der Waals surface area contributed by atoms with E-state index in [4.69, 9.17) is 22.8 Å². The molecule has 3 heteroatoms. The Morgan fingerprint density at radius 3 is 2.50 bits per heavy atom. The van der Waals surface area contributed by atoms with Crippen molar-refractivity contribution in [3.05, 3.63) is 34.8 Å². The molecule has 0 aliphatic rings. The van der Waals surface area contributed by atoms with E-state index in [1.165, 1.54) is 6.92 Å². The van der Waals surface area contributed by atoms with Crippen LogP contribution in [0, 0.1) is 0 Å². The van der Waals surface area contributed by atoms with Crippen molar-refractivity contribution in [1.29, 1.82) is 0 Å². The van der Waals surface area contributed by atoms with E-state index >= 15 is 0 Å². The third kappa shape index (κ3) is 2.06. The molecule has 64 valence electrons. The standard InChI is InChI=1S/C9H10ClNO/c1-6(11)9(12)7-2-4-8(10)5-3-7/h2-6H,11H2,1H3/i2D,3D,4D,5D. The maximum Gasteiger partial charge on any atom is 0.179 e. The molecule has 12 heavy (non-hydrogen) atoms. The third-order valence-electron chi connectivity index (χ3n) is 1.25. The van der Waals surface area contributed by atoms with Gasteiger partial charge in [-0.3, -0.25) is 4.79 Å². The Morgan fingerprint density at radius 1 is 1.58 bits per heavy atom. The summed E-state index contributed by atoms with van der Waals surface area (Å²) in [6, 6.07) is -2.63. The number of carbonyl (C=O) groups excluding carboxylic acids is 1. The SMILES string of the molecule is [2H]c1c([2H])c(C(=O)C(C)N)c([2H])c([2H])c1Cl. The highest BCUT2D eigenvalue weighted by Gasteiger charge is 2.09. The number of hydrogen-bond acceptors (Lipinski definition) is 2. The molecule has 2 nitrogen and oxygen atoms in total. The van der Waals surface area contributed by atoms with E-state index in [0.29, 0.717) is 0 Å². The van der Waals surface area contributed by atoms with Gasteiger partial charge in [0.2, 0.25) is 0 Å². The van der Waals surface area contributed by atoms with Gasteiger partial charge in [-0.05, 0) is 31.1 Å². The fraction of sp³-hybridized carbons (Fsp3) is 0.222. The van der Waals surface area contributed by atoms with Gasteiger partial charge in [0, 0.05) is 10.6 Å². The van der Waals surface area contributed by atoms with Crippen LogP contribution in [0.2, 0.25) is 5.02 Å². The number of rotatable bonds is 2. The topological polar surface area (TPSA) is 43.1 Å². The molecule has 0 radical (unpaired) electrons. The van der Waals surface area contributed by atoms with E-state index in [0.717, 1.165) is 0 Å². The molecule has 0 amide bonds. The van der Waals surface area contributed by atoms with Crippen molar-refractivity contribution < 1.29 is 10.3 Å². The van der Waals surface area contributed by atoms with Crippen LogP contribution in [0.4, 0.5) is 0 Å². The second-order valence-corrected chi connectivity index (χ2v) is 2.72. The average Bonchev–Trinajstić information content (AvgIpc) is 2.23. The van der Waals surface area contributed by atoms with E-state index in [9.17, 15) is 4.79 Å². The third-order valence-corrected chi connectivity index (χ3v) is 1.44. The van der Waals surface area contributed by atoms with Gasteiger partial charge < -0.3 is 5.73 Å². The van der Waals surface area contributed by atoms with Crippen molar-refractivity contribution in [3.63, 3.8) is 0 Å². The number of Topliss-reactive ketones (excluding diaryl/α,β-unsaturated/α-hetero) is 1. The van der Waals surface area contributed by atoms with E-state index in [2.05, 4.69) is 0 Å². The van der Waals surface area contributed by atoms with Gasteiger partial charge in [0.1, 0.15) is 0 Å². The van der Waals surface area contributed by atoms with Gasteiger partial charge in [-0.1, -0.05) is 11.6 Å². The fourth-order valence-electron chi connectivity index (χ4n) is 0.648. The Bertz CT molecular complexity index is 432. The monoisotopic (exact) mass is 187 g/mol. The van der Waals surface area contributed by atoms with Crippen molar-refractivity contribution in [1.82, 2.24) is 0 Å². The maximum atomic E-state index is 11.6. The maximum absolute atomic E-state index is 11.6. The van der Waals surface area contributed by atoms with E-state index in [1.54, 1.807) is 0 Å². The van der Waals surface area contributed by atoms with Crippen molar-refractivity contribution in [2.75, 3.05) is 0 Å². The number of benzene rings is 1. The number of nitrogens with two attached hydrogens (primary N) is 1. The van der Waals surface area contributed by atoms with Crippen LogP contribution in [0.5, 0.6) is 0 Å². The van der Waals surface area contributed by atoms with Crippen LogP contribution in [0.3, 0.4) is 0 Å². The summed E-state index contributed by atoms with van der Waals surface area (Å²) in [5, 5.41) is -0.295. The van der Waals surface area contributed by atoms with Crippen molar-refractivity contribution in [2.45, 2.75) is 13.0 Å². The Morgan fingerprint density at radius 2 is 2.08 bits per heavy atom. The molecule has 0 saturated heterocycles. The molecule has 0 saturated carbocycles. The Balaban J connectivity index is 3.58. The predicted octanol–water partition coefficient (Wildman–Crippen LogP) is 1.87. The summed E-state index contributed by atoms with van der Waals surface area (Å²) in [5.74, 6) is -0.631. The molecule has 1 aromatic carbocycles. The van der Waals surface area contributed by atoms with Crippen molar-refractivity contribution in [3.8, 4) is 0 Å². The molecule has 0 aromatic heterocycles. The van der Waals surface area contributed by atoms with Gasteiger partial charge >= 0.3 is 0 Å². The second kappa shape index (κ2) is 3.70. The first kappa shape index (κ1) is 5.00. The lowest BCUT2D eigenvalue weighted by atomic mass is 10.1. The van der Waals surface area contributed by atoms with Gasteiger partial charge in [-0.25, -0.2) is 0 Å². The molecule has 2 N–H and O–H groups in total. The van der Waals surface area contributed by atoms with Crippen LogP contribution >= 0.6 is 11.6 Å². The minimum Gasteiger partial charge on any atom is -0.321 e. The fourth-order valence-corrected chi connectivity index (χ4v) is 0.743. The molecule has 0 aliphatic carbocycles. The van der Waals surface area contributed by atoms with Gasteiger partial charge in [0.05, 0.1) is 11.5 Å². The summed E-state index contributed by atoms with van der Waals surface area (Å²) < 4.78 is 30.0. The molecule has 0 heterocycles. The summed E-state index contributed by atoms with van der Waals surface area (Å²) >= 11 is 5.59. The van der Waals surface area contributed by atoms with Gasteiger partial charge in [0.15, 0.2) is 5.78 Å². The zero-order chi connectivity index (χ0) is 12.6. The van der Waals surface area contributed by atoms with Gasteiger partial charge in [0.25, 0.3) is 0 Å². The summed E-state index contributed by atoms with van der Waals surface area (Å²) in [6.07, 6.45) is 0. The lowest BCUT2D eigenvalue weighted by Gasteiger charge is -2.03. The second-order valence-electron chi connectivity index (χ2n) is 2.34. The molecular formula is C9H10ClNO. The molecule has 1 rings (SSSR count). The Labute approximate surface area is 82.0 Å². The van der Waals surface area contributed by atoms with Gasteiger partial charge in [-0.15, -0.1) is 0 Å². The lowest BCUT2D eigenvalue weighted by molar-refractivity contribution is 0.0968. The number of carbonyl (C=O) groups is 1. The molecule has 0 spiro atoms. The summed E-state index contributed by atoms with van der Waals surface area (Å²) in [6.45, 7) is 1.42. The molecule has 1 aromatic rings. The highest BCUT2D eigenvalue weighted by molar-refractivity contribution is 6.30. The van der Waals surface area contributed by atoms with Crippen molar-refractivity contribution >= 4 is 17.4 Å². The van der Waals surface area contributed by atoms with E-state index < -0.39 is 36.0 Å². The highest BCUT2D eigenvalue weighted by atomic mass is 35.5. The first-order valence-corrected chi connectivity index (χ1v) is 3.72. The summed E-state index contributed by atoms with van der Waals surface area (Å²) in [7, 11) is 0. The van der Waals surface area contributed by atoms with Crippen molar-refractivity contribution in [2.24, 2.45) is 5.73 Å². The highest BCUT2D eigenvalue weighted by Crippen LogP contribution is 2.10. The minimum absolute atomic E-state index is 0.295. The quantitative estimate of drug-likeness (QED) is 0.719. The first-order chi connectivity index (χ1) is 7.29. The summed E-state index contributed by atoms with van der Waals surface area (Å²) in [5.41, 5.74) is 5.06. The molecule has 0 aliphatic heterocycles. The van der Waals surface area contributed by atoms with Crippen LogP contribution in [-0.2, 0) is 0 Å². The molecule has 0 bridgehead atoms. The van der Waals surface area contributed by atoms with Crippen LogP contribution in [0.15, 0.2) is 24.2 Å². The summed E-state index contributed by atoms with van der Waals surface area (Å²) in [4.78, 5) is 11.6. The number of ketones is 1. The molecule has 0 fully saturated rings. The van der Waals surface area contributed by atoms with Crippen LogP contribution in [0.25, 0.3) is 0 Å². The van der Waals surface area contributed by atoms with Crippen LogP contribution < -0.4 is 5.73 Å². The lowest BCUT2D eigenvalue weighted by Crippen LogP contribution is -2.26. The van der Waals surface area contributed by atoms with E-state index in [1.807, 2.05) is 0 Å². The minimum atomic E-state index is -0.881. The van der Waals surface area contributed by atoms with Gasteiger partial charge in [-0.2, -0.15) is 0 Å². The smallest absolute Gasteiger partial charge is 0.179 e. The number of hydrogen-bond donors (Lipinski definition) is 1. The zero-order valence-corrected chi connectivity index (χ0v) is 7.20. The molecule has 1 atom stereocenters. The Hall–Kier alpha value is -0.860. The normalized spacial score (nSPS) is 17.2. The van der Waals surface area contributed by atoms with Crippen LogP contribution in [-0.4, -0.2) is 11.8 Å². The largest absolute Gasteiger partial charge is 0.321 e. The zero-order valence-electron chi connectivity index (χ0n) is 10.4. The Kier molecular flexibility index (Phi) is 1.54. The van der Waals surface area contributed by atoms with E-state index in [-0.39, 0.29) is 10.6 Å². The molecule has 1 unspecified atom stereocenters.